The van der Waals surface area contributed by atoms with Crippen molar-refractivity contribution in [1.29, 1.82) is 0 Å². The maximum absolute atomic E-state index is 11.0. The van der Waals surface area contributed by atoms with Gasteiger partial charge in [-0.05, 0) is 25.2 Å². The third-order valence-electron chi connectivity index (χ3n) is 2.67. The molecule has 2 atom stereocenters. The van der Waals surface area contributed by atoms with Gasteiger partial charge in [0.25, 0.3) is 0 Å². The summed E-state index contributed by atoms with van der Waals surface area (Å²) in [6.07, 6.45) is 3.15. The Balaban J connectivity index is 2.11. The van der Waals surface area contributed by atoms with Crippen molar-refractivity contribution in [2.75, 3.05) is 19.0 Å². The number of ether oxygens (including phenoxy) is 2. The highest BCUT2D eigenvalue weighted by Crippen LogP contribution is 2.20. The van der Waals surface area contributed by atoms with Gasteiger partial charge in [0.15, 0.2) is 6.29 Å². The Morgan fingerprint density at radius 1 is 1.53 bits per heavy atom. The van der Waals surface area contributed by atoms with Crippen LogP contribution in [0.25, 0.3) is 0 Å². The van der Waals surface area contributed by atoms with Crippen LogP contribution < -0.4 is 0 Å². The highest BCUT2D eigenvalue weighted by Gasteiger charge is 2.21. The number of carbonyl (C=O) groups is 1. The maximum Gasteiger partial charge on any atom is 0.316 e. The molecule has 0 aliphatic carbocycles. The van der Waals surface area contributed by atoms with Crippen molar-refractivity contribution in [3.05, 3.63) is 0 Å². The SMILES string of the molecule is CC(C)C(SCCOC1CCCCO1)C(=O)O. The molecule has 0 aromatic rings. The Bertz CT molecular complexity index is 227. The molecule has 5 heteroatoms. The van der Waals surface area contributed by atoms with Crippen molar-refractivity contribution in [3.8, 4) is 0 Å². The van der Waals surface area contributed by atoms with E-state index in [0.717, 1.165) is 25.9 Å². The molecule has 100 valence electrons. The first-order chi connectivity index (χ1) is 8.11. The average molecular weight is 262 g/mol. The van der Waals surface area contributed by atoms with E-state index in [2.05, 4.69) is 0 Å². The van der Waals surface area contributed by atoms with Crippen LogP contribution in [0.2, 0.25) is 0 Å². The molecular weight excluding hydrogens is 240 g/mol. The minimum Gasteiger partial charge on any atom is -0.480 e. The van der Waals surface area contributed by atoms with Crippen LogP contribution in [0.3, 0.4) is 0 Å². The summed E-state index contributed by atoms with van der Waals surface area (Å²) in [7, 11) is 0. The predicted molar refractivity (Wildman–Crippen MR) is 68.3 cm³/mol. The van der Waals surface area contributed by atoms with Crippen molar-refractivity contribution in [2.45, 2.75) is 44.6 Å². The number of aliphatic carboxylic acids is 1. The van der Waals surface area contributed by atoms with Crippen LogP contribution >= 0.6 is 11.8 Å². The largest absolute Gasteiger partial charge is 0.480 e. The Morgan fingerprint density at radius 2 is 2.29 bits per heavy atom. The summed E-state index contributed by atoms with van der Waals surface area (Å²) < 4.78 is 11.0. The lowest BCUT2D eigenvalue weighted by Gasteiger charge is -2.23. The molecule has 0 spiro atoms. The second kappa shape index (κ2) is 7.95. The van der Waals surface area contributed by atoms with E-state index in [1.54, 1.807) is 0 Å². The number of hydrogen-bond acceptors (Lipinski definition) is 4. The molecule has 1 fully saturated rings. The van der Waals surface area contributed by atoms with E-state index in [0.29, 0.717) is 12.4 Å². The van der Waals surface area contributed by atoms with Crippen LogP contribution in [0.1, 0.15) is 33.1 Å². The third-order valence-corrected chi connectivity index (χ3v) is 4.18. The van der Waals surface area contributed by atoms with Crippen LogP contribution in [0.5, 0.6) is 0 Å². The second-order valence-electron chi connectivity index (χ2n) is 4.54. The molecule has 0 saturated carbocycles. The summed E-state index contributed by atoms with van der Waals surface area (Å²) >= 11 is 1.45. The highest BCUT2D eigenvalue weighted by molar-refractivity contribution is 8.00. The number of thioether (sulfide) groups is 1. The van der Waals surface area contributed by atoms with E-state index in [4.69, 9.17) is 14.6 Å². The molecule has 1 saturated heterocycles. The van der Waals surface area contributed by atoms with Gasteiger partial charge in [-0.3, -0.25) is 4.79 Å². The van der Waals surface area contributed by atoms with Crippen LogP contribution in [0.4, 0.5) is 0 Å². The topological polar surface area (TPSA) is 55.8 Å². The van der Waals surface area contributed by atoms with Crippen molar-refractivity contribution in [1.82, 2.24) is 0 Å². The monoisotopic (exact) mass is 262 g/mol. The normalized spacial score (nSPS) is 22.6. The first-order valence-electron chi connectivity index (χ1n) is 6.19. The lowest BCUT2D eigenvalue weighted by molar-refractivity contribution is -0.158. The Hall–Kier alpha value is -0.260. The van der Waals surface area contributed by atoms with E-state index in [1.807, 2.05) is 13.8 Å². The first-order valence-corrected chi connectivity index (χ1v) is 7.23. The second-order valence-corrected chi connectivity index (χ2v) is 5.79. The smallest absolute Gasteiger partial charge is 0.316 e. The maximum atomic E-state index is 11.0. The van der Waals surface area contributed by atoms with Crippen LogP contribution in [-0.2, 0) is 14.3 Å². The zero-order valence-corrected chi connectivity index (χ0v) is 11.4. The minimum atomic E-state index is -0.737. The fourth-order valence-electron chi connectivity index (χ4n) is 1.75. The standard InChI is InChI=1S/C12H22O4S/c1-9(2)11(12(13)14)17-8-7-16-10-5-3-4-6-15-10/h9-11H,3-8H2,1-2H3,(H,13,14). The first kappa shape index (κ1) is 14.8. The third kappa shape index (κ3) is 5.75. The molecule has 1 heterocycles. The fraction of sp³-hybridized carbons (Fsp3) is 0.917. The zero-order valence-electron chi connectivity index (χ0n) is 10.6. The van der Waals surface area contributed by atoms with E-state index in [-0.39, 0.29) is 17.5 Å². The van der Waals surface area contributed by atoms with Gasteiger partial charge in [0.1, 0.15) is 5.25 Å². The summed E-state index contributed by atoms with van der Waals surface area (Å²) in [6.45, 7) is 5.20. The molecule has 2 unspecified atom stereocenters. The molecule has 0 amide bonds. The van der Waals surface area contributed by atoms with Crippen LogP contribution in [0, 0.1) is 5.92 Å². The summed E-state index contributed by atoms with van der Waals surface area (Å²) in [5, 5.41) is 8.66. The van der Waals surface area contributed by atoms with Gasteiger partial charge in [0, 0.05) is 12.4 Å². The lowest BCUT2D eigenvalue weighted by Crippen LogP contribution is -2.25. The Morgan fingerprint density at radius 3 is 2.82 bits per heavy atom. The van der Waals surface area contributed by atoms with E-state index in [9.17, 15) is 4.79 Å². The molecule has 17 heavy (non-hydrogen) atoms. The summed E-state index contributed by atoms with van der Waals surface area (Å²) in [5.74, 6) is 0.108. The van der Waals surface area contributed by atoms with Crippen LogP contribution in [0.15, 0.2) is 0 Å². The molecule has 1 rings (SSSR count). The predicted octanol–water partition coefficient (Wildman–Crippen LogP) is 2.37. The van der Waals surface area contributed by atoms with Gasteiger partial charge >= 0.3 is 5.97 Å². The van der Waals surface area contributed by atoms with Gasteiger partial charge in [0.05, 0.1) is 6.61 Å². The number of carboxylic acids is 1. The molecule has 0 aromatic heterocycles. The van der Waals surface area contributed by atoms with Gasteiger partial charge in [-0.25, -0.2) is 0 Å². The summed E-state index contributed by atoms with van der Waals surface area (Å²) in [5.41, 5.74) is 0. The number of carboxylic acid groups (broad SMARTS) is 1. The summed E-state index contributed by atoms with van der Waals surface area (Å²) in [6, 6.07) is 0. The number of rotatable bonds is 7. The van der Waals surface area contributed by atoms with Gasteiger partial charge in [-0.15, -0.1) is 11.8 Å². The van der Waals surface area contributed by atoms with Gasteiger partial charge in [0.2, 0.25) is 0 Å². The Labute approximate surface area is 107 Å². The summed E-state index contributed by atoms with van der Waals surface area (Å²) in [4.78, 5) is 11.0. The molecule has 0 aromatic carbocycles. The quantitative estimate of drug-likeness (QED) is 0.714. The van der Waals surface area contributed by atoms with Gasteiger partial charge in [-0.2, -0.15) is 0 Å². The molecule has 1 aliphatic rings. The molecule has 1 N–H and O–H groups in total. The van der Waals surface area contributed by atoms with Crippen LogP contribution in [-0.4, -0.2) is 41.6 Å². The molecule has 4 nitrogen and oxygen atoms in total. The molecule has 0 radical (unpaired) electrons. The van der Waals surface area contributed by atoms with E-state index in [1.165, 1.54) is 11.8 Å². The van der Waals surface area contributed by atoms with E-state index >= 15 is 0 Å². The van der Waals surface area contributed by atoms with E-state index < -0.39 is 5.97 Å². The molecule has 0 bridgehead atoms. The van der Waals surface area contributed by atoms with Gasteiger partial charge in [-0.1, -0.05) is 13.8 Å². The van der Waals surface area contributed by atoms with Crippen molar-refractivity contribution >= 4 is 17.7 Å². The highest BCUT2D eigenvalue weighted by atomic mass is 32.2. The lowest BCUT2D eigenvalue weighted by atomic mass is 10.1. The zero-order chi connectivity index (χ0) is 12.7. The fourth-order valence-corrected chi connectivity index (χ4v) is 2.72. The minimum absolute atomic E-state index is 0.0771. The van der Waals surface area contributed by atoms with Crippen molar-refractivity contribution < 1.29 is 19.4 Å². The van der Waals surface area contributed by atoms with Crippen molar-refractivity contribution in [2.24, 2.45) is 5.92 Å². The Kier molecular flexibility index (Phi) is 6.92. The molecule has 1 aliphatic heterocycles. The average Bonchev–Trinajstić information content (AvgIpc) is 2.29. The van der Waals surface area contributed by atoms with Gasteiger partial charge < -0.3 is 14.6 Å². The molecular formula is C12H22O4S. The number of hydrogen-bond donors (Lipinski definition) is 1. The van der Waals surface area contributed by atoms with Crippen molar-refractivity contribution in [3.63, 3.8) is 0 Å².